The fraction of sp³-hybridized carbons (Fsp3) is 0.818. The van der Waals surface area contributed by atoms with Crippen LogP contribution in [0.2, 0.25) is 0 Å². The van der Waals surface area contributed by atoms with Gasteiger partial charge in [-0.3, -0.25) is 9.59 Å². The molecule has 0 spiro atoms. The Balaban J connectivity index is 3.03. The van der Waals surface area contributed by atoms with Crippen LogP contribution in [0.4, 0.5) is 26.3 Å². The zero-order chi connectivity index (χ0) is 18.2. The molecule has 5 nitrogen and oxygen atoms in total. The van der Waals surface area contributed by atoms with Crippen molar-refractivity contribution in [3.8, 4) is 0 Å². The number of hydrogen-bond donors (Lipinski definition) is 2. The molecule has 0 bridgehead atoms. The number of carbonyl (C=O) groups is 2. The largest absolute Gasteiger partial charge is 0.471 e. The summed E-state index contributed by atoms with van der Waals surface area (Å²) in [5.74, 6) is -6.70. The number of rotatable bonds is 3. The van der Waals surface area contributed by atoms with Gasteiger partial charge in [-0.2, -0.15) is 26.3 Å². The first kappa shape index (κ1) is 20.0. The molecule has 0 aliphatic carbocycles. The second kappa shape index (κ2) is 6.44. The van der Waals surface area contributed by atoms with Gasteiger partial charge in [0.1, 0.15) is 5.56 Å². The Morgan fingerprint density at radius 3 is 2.22 bits per heavy atom. The normalized spacial score (nSPS) is 32.5. The van der Waals surface area contributed by atoms with Gasteiger partial charge in [0.25, 0.3) is 5.78 Å². The molecule has 1 rings (SSSR count). The lowest BCUT2D eigenvalue weighted by Crippen LogP contribution is -2.64. The number of hydrogen-bond acceptors (Lipinski definition) is 4. The molecule has 0 aromatic rings. The van der Waals surface area contributed by atoms with Gasteiger partial charge in [-0.15, -0.1) is 0 Å². The molecule has 0 saturated carbocycles. The van der Waals surface area contributed by atoms with Crippen LogP contribution in [0, 0.1) is 5.92 Å². The molecule has 1 amide bonds. The third-order valence-electron chi connectivity index (χ3n) is 3.45. The van der Waals surface area contributed by atoms with Gasteiger partial charge < -0.3 is 15.2 Å². The summed E-state index contributed by atoms with van der Waals surface area (Å²) in [5, 5.41) is 11.5. The van der Waals surface area contributed by atoms with Crippen LogP contribution in [-0.4, -0.2) is 53.0 Å². The topological polar surface area (TPSA) is 75.6 Å². The van der Waals surface area contributed by atoms with E-state index in [0.717, 1.165) is 6.92 Å². The highest BCUT2D eigenvalue weighted by atomic mass is 35.5. The zero-order valence-electron chi connectivity index (χ0n) is 11.5. The first-order valence-electron chi connectivity index (χ1n) is 6.19. The van der Waals surface area contributed by atoms with Gasteiger partial charge in [-0.25, -0.2) is 0 Å². The molecule has 1 unspecified atom stereocenters. The monoisotopic (exact) mass is 371 g/mol. The van der Waals surface area contributed by atoms with Crippen LogP contribution >= 0.6 is 11.6 Å². The van der Waals surface area contributed by atoms with Gasteiger partial charge in [0.15, 0.2) is 5.60 Å². The van der Waals surface area contributed by atoms with E-state index in [1.807, 2.05) is 0 Å². The molecule has 1 heterocycles. The molecule has 4 atom stereocenters. The van der Waals surface area contributed by atoms with Gasteiger partial charge in [0.05, 0.1) is 6.10 Å². The minimum atomic E-state index is -5.45. The molecule has 0 radical (unpaired) electrons. The average Bonchev–Trinajstić information content (AvgIpc) is 2.37. The number of carbonyl (C=O) groups excluding carboxylic acids is 2. The zero-order valence-corrected chi connectivity index (χ0v) is 12.2. The summed E-state index contributed by atoms with van der Waals surface area (Å²) in [6.45, 7) is -0.107. The van der Waals surface area contributed by atoms with E-state index in [-0.39, 0.29) is 0 Å². The van der Waals surface area contributed by atoms with Gasteiger partial charge in [0, 0.05) is 12.5 Å². The number of nitrogens with one attached hydrogen (secondary N) is 1. The molecule has 23 heavy (non-hydrogen) atoms. The maximum Gasteiger partial charge on any atom is 0.471 e. The van der Waals surface area contributed by atoms with Crippen LogP contribution < -0.4 is 5.32 Å². The van der Waals surface area contributed by atoms with Gasteiger partial charge in [0.2, 0.25) is 0 Å². The third-order valence-corrected chi connectivity index (χ3v) is 3.73. The summed E-state index contributed by atoms with van der Waals surface area (Å²) >= 11 is 5.60. The maximum absolute atomic E-state index is 12.6. The second-order valence-electron chi connectivity index (χ2n) is 4.98. The predicted octanol–water partition coefficient (Wildman–Crippen LogP) is 1.52. The molecule has 134 valence electrons. The Morgan fingerprint density at radius 2 is 1.78 bits per heavy atom. The molecule has 1 fully saturated rings. The van der Waals surface area contributed by atoms with Crippen LogP contribution in [0.1, 0.15) is 13.3 Å². The summed E-state index contributed by atoms with van der Waals surface area (Å²) in [7, 11) is 0. The molecule has 1 aliphatic rings. The number of amides is 1. The molecule has 0 aromatic carbocycles. The van der Waals surface area contributed by atoms with Crippen LogP contribution in [0.25, 0.3) is 0 Å². The molecule has 12 heteroatoms. The van der Waals surface area contributed by atoms with Crippen LogP contribution in [0.3, 0.4) is 0 Å². The Morgan fingerprint density at radius 1 is 1.26 bits per heavy atom. The Bertz CT molecular complexity index is 482. The number of ether oxygens (including phenoxy) is 1. The van der Waals surface area contributed by atoms with E-state index < -0.39 is 60.2 Å². The Labute approximate surface area is 130 Å². The van der Waals surface area contributed by atoms with Gasteiger partial charge in [-0.05, 0) is 13.3 Å². The fourth-order valence-electron chi connectivity index (χ4n) is 2.27. The number of alkyl halides is 7. The summed E-state index contributed by atoms with van der Waals surface area (Å²) < 4.78 is 79.1. The predicted molar refractivity (Wildman–Crippen MR) is 63.4 cm³/mol. The maximum atomic E-state index is 12.6. The van der Waals surface area contributed by atoms with E-state index in [0.29, 0.717) is 0 Å². The van der Waals surface area contributed by atoms with E-state index in [4.69, 9.17) is 16.3 Å². The van der Waals surface area contributed by atoms with Crippen molar-refractivity contribution in [3.63, 3.8) is 0 Å². The summed E-state index contributed by atoms with van der Waals surface area (Å²) in [6.07, 6.45) is -13.0. The average molecular weight is 372 g/mol. The summed E-state index contributed by atoms with van der Waals surface area (Å²) in [5.41, 5.74) is -4.40. The SMILES string of the molecule is C[C@@H]1OC(Cl)C[C@H](CNC(=O)C(F)(F)F)[C@]1(O)C(=O)C(F)(F)F. The van der Waals surface area contributed by atoms with Crippen molar-refractivity contribution < 1.29 is 45.8 Å². The molecule has 0 aromatic heterocycles. The highest BCUT2D eigenvalue weighted by Crippen LogP contribution is 2.40. The first-order chi connectivity index (χ1) is 10.2. The van der Waals surface area contributed by atoms with Crippen molar-refractivity contribution in [2.24, 2.45) is 5.92 Å². The molecule has 2 N–H and O–H groups in total. The van der Waals surface area contributed by atoms with Crippen LogP contribution in [0.5, 0.6) is 0 Å². The molecule has 1 aliphatic heterocycles. The van der Waals surface area contributed by atoms with Crippen LogP contribution in [0.15, 0.2) is 0 Å². The van der Waals surface area contributed by atoms with Crippen molar-refractivity contribution >= 4 is 23.3 Å². The summed E-state index contributed by atoms with van der Waals surface area (Å²) in [4.78, 5) is 22.2. The number of halogens is 7. The lowest BCUT2D eigenvalue weighted by molar-refractivity contribution is -0.225. The minimum Gasteiger partial charge on any atom is -0.379 e. The van der Waals surface area contributed by atoms with Crippen molar-refractivity contribution in [1.82, 2.24) is 5.32 Å². The van der Waals surface area contributed by atoms with E-state index in [9.17, 15) is 41.0 Å². The van der Waals surface area contributed by atoms with Crippen molar-refractivity contribution in [2.75, 3.05) is 6.54 Å². The van der Waals surface area contributed by atoms with E-state index in [1.165, 1.54) is 5.32 Å². The molecular formula is C11H12ClF6NO4. The second-order valence-corrected chi connectivity index (χ2v) is 5.47. The van der Waals surface area contributed by atoms with E-state index >= 15 is 0 Å². The van der Waals surface area contributed by atoms with Crippen molar-refractivity contribution in [1.29, 1.82) is 0 Å². The van der Waals surface area contributed by atoms with Gasteiger partial charge >= 0.3 is 18.3 Å². The van der Waals surface area contributed by atoms with E-state index in [2.05, 4.69) is 0 Å². The Hall–Kier alpha value is -1.07. The molecule has 1 saturated heterocycles. The van der Waals surface area contributed by atoms with E-state index in [1.54, 1.807) is 0 Å². The number of Topliss-reactive ketones (excluding diaryl/α,β-unsaturated/α-hetero) is 1. The smallest absolute Gasteiger partial charge is 0.379 e. The van der Waals surface area contributed by atoms with Crippen LogP contribution in [-0.2, 0) is 14.3 Å². The first-order valence-corrected chi connectivity index (χ1v) is 6.62. The third kappa shape index (κ3) is 4.27. The summed E-state index contributed by atoms with van der Waals surface area (Å²) in [6, 6.07) is 0. The fourth-order valence-corrected chi connectivity index (χ4v) is 2.64. The van der Waals surface area contributed by atoms with Crippen molar-refractivity contribution in [3.05, 3.63) is 0 Å². The van der Waals surface area contributed by atoms with Gasteiger partial charge in [-0.1, -0.05) is 11.6 Å². The highest BCUT2D eigenvalue weighted by molar-refractivity contribution is 6.19. The lowest BCUT2D eigenvalue weighted by atomic mass is 9.75. The standard InChI is InChI=1S/C11H12ClF6NO4/c1-4-9(22,7(20)10(13,14)15)5(2-6(12)23-4)3-19-8(21)11(16,17)18/h4-6,22H,2-3H2,1H3,(H,19,21)/t4-,5+,6?,9-/m0/s1. The highest BCUT2D eigenvalue weighted by Gasteiger charge is 2.61. The minimum absolute atomic E-state index is 0.567. The number of aliphatic hydroxyl groups is 1. The Kier molecular flexibility index (Phi) is 5.59. The lowest BCUT2D eigenvalue weighted by Gasteiger charge is -2.44. The molecular weight excluding hydrogens is 360 g/mol. The number of ketones is 1. The quantitative estimate of drug-likeness (QED) is 0.582. The van der Waals surface area contributed by atoms with Crippen molar-refractivity contribution in [2.45, 2.75) is 43.0 Å².